The Balaban J connectivity index is 1.77. The summed E-state index contributed by atoms with van der Waals surface area (Å²) in [6, 6.07) is 11.3. The van der Waals surface area contributed by atoms with Crippen LogP contribution in [0.1, 0.15) is 12.8 Å². The van der Waals surface area contributed by atoms with Gasteiger partial charge in [0.25, 0.3) is 0 Å². The van der Waals surface area contributed by atoms with Gasteiger partial charge < -0.3 is 15.2 Å². The molecule has 2 aromatic carbocycles. The lowest BCUT2D eigenvalue weighted by Gasteiger charge is -2.14. The number of halogens is 1. The molecule has 1 saturated heterocycles. The molecule has 0 saturated carbocycles. The van der Waals surface area contributed by atoms with Gasteiger partial charge in [0.1, 0.15) is 17.4 Å². The number of para-hydroxylation sites is 1. The third-order valence-electron chi connectivity index (χ3n) is 4.32. The summed E-state index contributed by atoms with van der Waals surface area (Å²) in [5.41, 5.74) is 1.15. The van der Waals surface area contributed by atoms with Crippen LogP contribution in [0.4, 0.5) is 10.2 Å². The van der Waals surface area contributed by atoms with Gasteiger partial charge in [0.05, 0.1) is 17.2 Å². The average molecular weight is 339 g/mol. The highest BCUT2D eigenvalue weighted by Gasteiger charge is 2.17. The van der Waals surface area contributed by atoms with Crippen molar-refractivity contribution in [1.82, 2.24) is 9.97 Å². The van der Waals surface area contributed by atoms with Gasteiger partial charge >= 0.3 is 0 Å². The summed E-state index contributed by atoms with van der Waals surface area (Å²) in [6.07, 6.45) is 2.18. The summed E-state index contributed by atoms with van der Waals surface area (Å²) in [6.45, 7) is 1.37. The molecule has 4 rings (SSSR count). The van der Waals surface area contributed by atoms with Crippen molar-refractivity contribution in [2.75, 3.05) is 18.5 Å². The van der Waals surface area contributed by atoms with Gasteiger partial charge in [0.2, 0.25) is 0 Å². The predicted octanol–water partition coefficient (Wildman–Crippen LogP) is 3.73. The normalized spacial score (nSPS) is 17.1. The topological polar surface area (TPSA) is 67.3 Å². The molecule has 2 heterocycles. The maximum absolute atomic E-state index is 13.7. The van der Waals surface area contributed by atoms with Crippen molar-refractivity contribution in [3.8, 4) is 17.1 Å². The molecule has 0 aliphatic carbocycles. The van der Waals surface area contributed by atoms with Gasteiger partial charge in [-0.1, -0.05) is 12.1 Å². The maximum atomic E-state index is 13.7. The number of anilines is 1. The molecule has 128 valence electrons. The van der Waals surface area contributed by atoms with Crippen molar-refractivity contribution in [1.29, 1.82) is 0 Å². The Hall–Kier alpha value is -2.73. The van der Waals surface area contributed by atoms with E-state index in [1.165, 1.54) is 12.1 Å². The number of phenolic OH excluding ortho intramolecular Hbond substituents is 1. The van der Waals surface area contributed by atoms with Gasteiger partial charge in [-0.15, -0.1) is 0 Å². The van der Waals surface area contributed by atoms with E-state index in [9.17, 15) is 9.50 Å². The van der Waals surface area contributed by atoms with Crippen molar-refractivity contribution in [3.05, 3.63) is 48.3 Å². The fourth-order valence-corrected chi connectivity index (χ4v) is 3.03. The Bertz CT molecular complexity index is 910. The quantitative estimate of drug-likeness (QED) is 0.758. The van der Waals surface area contributed by atoms with Crippen LogP contribution in [0.25, 0.3) is 22.3 Å². The van der Waals surface area contributed by atoms with Crippen LogP contribution in [0.3, 0.4) is 0 Å². The number of ether oxygens (including phenoxy) is 1. The van der Waals surface area contributed by atoms with Crippen LogP contribution in [0.5, 0.6) is 5.75 Å². The zero-order valence-electron chi connectivity index (χ0n) is 13.6. The highest BCUT2D eigenvalue weighted by molar-refractivity contribution is 5.91. The average Bonchev–Trinajstić information content (AvgIpc) is 3.13. The molecule has 0 radical (unpaired) electrons. The second-order valence-electron chi connectivity index (χ2n) is 6.09. The molecule has 0 amide bonds. The number of nitrogens with one attached hydrogen (secondary N) is 1. The molecule has 1 aromatic heterocycles. The highest BCUT2D eigenvalue weighted by Crippen LogP contribution is 2.30. The van der Waals surface area contributed by atoms with E-state index in [0.29, 0.717) is 34.7 Å². The van der Waals surface area contributed by atoms with Crippen molar-refractivity contribution >= 4 is 16.7 Å². The Kier molecular flexibility index (Phi) is 4.19. The SMILES string of the molecule is Oc1ccccc1-c1nc(NCC2CCCO2)c2cc(F)ccc2n1. The fraction of sp³-hybridized carbons (Fsp3) is 0.263. The molecule has 1 aliphatic rings. The summed E-state index contributed by atoms with van der Waals surface area (Å²) in [5.74, 6) is 0.700. The Morgan fingerprint density at radius 1 is 1.20 bits per heavy atom. The minimum atomic E-state index is -0.341. The first-order chi connectivity index (χ1) is 12.2. The zero-order valence-corrected chi connectivity index (χ0v) is 13.6. The summed E-state index contributed by atoms with van der Waals surface area (Å²) < 4.78 is 19.3. The Labute approximate surface area is 144 Å². The van der Waals surface area contributed by atoms with Crippen LogP contribution in [0.15, 0.2) is 42.5 Å². The first-order valence-electron chi connectivity index (χ1n) is 8.32. The van der Waals surface area contributed by atoms with Gasteiger partial charge in [-0.2, -0.15) is 0 Å². The first-order valence-corrected chi connectivity index (χ1v) is 8.32. The van der Waals surface area contributed by atoms with E-state index in [1.54, 1.807) is 24.3 Å². The largest absolute Gasteiger partial charge is 0.507 e. The van der Waals surface area contributed by atoms with E-state index in [0.717, 1.165) is 19.4 Å². The van der Waals surface area contributed by atoms with Gasteiger partial charge in [0, 0.05) is 18.5 Å². The third kappa shape index (κ3) is 3.25. The van der Waals surface area contributed by atoms with E-state index in [2.05, 4.69) is 15.3 Å². The first kappa shape index (κ1) is 15.8. The lowest BCUT2D eigenvalue weighted by atomic mass is 10.1. The number of hydrogen-bond acceptors (Lipinski definition) is 5. The van der Waals surface area contributed by atoms with Crippen LogP contribution in [-0.2, 0) is 4.74 Å². The monoisotopic (exact) mass is 339 g/mol. The molecule has 0 spiro atoms. The number of aromatic hydroxyl groups is 1. The molecule has 6 heteroatoms. The van der Waals surface area contributed by atoms with Crippen LogP contribution in [0.2, 0.25) is 0 Å². The minimum Gasteiger partial charge on any atom is -0.507 e. The number of hydrogen-bond donors (Lipinski definition) is 2. The Morgan fingerprint density at radius 2 is 2.08 bits per heavy atom. The summed E-state index contributed by atoms with van der Waals surface area (Å²) in [5, 5.41) is 14.0. The standard InChI is InChI=1S/C19H18FN3O2/c20-12-7-8-16-15(10-12)18(21-11-13-4-3-9-25-13)23-19(22-16)14-5-1-2-6-17(14)24/h1-2,5-8,10,13,24H,3-4,9,11H2,(H,21,22,23). The van der Waals surface area contributed by atoms with Crippen LogP contribution in [-0.4, -0.2) is 34.3 Å². The number of nitrogens with zero attached hydrogens (tertiary/aromatic N) is 2. The van der Waals surface area contributed by atoms with Crippen LogP contribution in [0, 0.1) is 5.82 Å². The van der Waals surface area contributed by atoms with Crippen molar-refractivity contribution in [2.24, 2.45) is 0 Å². The van der Waals surface area contributed by atoms with E-state index in [4.69, 9.17) is 4.74 Å². The minimum absolute atomic E-state index is 0.106. The summed E-state index contributed by atoms with van der Waals surface area (Å²) in [4.78, 5) is 9.01. The number of fused-ring (bicyclic) bond motifs is 1. The molecule has 5 nitrogen and oxygen atoms in total. The lowest BCUT2D eigenvalue weighted by Crippen LogP contribution is -2.19. The zero-order chi connectivity index (χ0) is 17.2. The van der Waals surface area contributed by atoms with Crippen LogP contribution < -0.4 is 5.32 Å². The van der Waals surface area contributed by atoms with Gasteiger partial charge in [-0.05, 0) is 43.2 Å². The van der Waals surface area contributed by atoms with Crippen molar-refractivity contribution < 1.29 is 14.2 Å². The molecule has 3 aromatic rings. The smallest absolute Gasteiger partial charge is 0.165 e. The molecular weight excluding hydrogens is 321 g/mol. The number of aromatic nitrogens is 2. The molecule has 25 heavy (non-hydrogen) atoms. The highest BCUT2D eigenvalue weighted by atomic mass is 19.1. The summed E-state index contributed by atoms with van der Waals surface area (Å²) in [7, 11) is 0. The van der Waals surface area contributed by atoms with E-state index in [1.807, 2.05) is 6.07 Å². The predicted molar refractivity (Wildman–Crippen MR) is 94.1 cm³/mol. The molecule has 1 aliphatic heterocycles. The fourth-order valence-electron chi connectivity index (χ4n) is 3.03. The van der Waals surface area contributed by atoms with Gasteiger partial charge in [-0.3, -0.25) is 0 Å². The second kappa shape index (κ2) is 6.64. The van der Waals surface area contributed by atoms with E-state index >= 15 is 0 Å². The number of benzene rings is 2. The van der Waals surface area contributed by atoms with Gasteiger partial charge in [0.15, 0.2) is 5.82 Å². The molecule has 0 bridgehead atoms. The molecule has 1 fully saturated rings. The lowest BCUT2D eigenvalue weighted by molar-refractivity contribution is 0.120. The second-order valence-corrected chi connectivity index (χ2v) is 6.09. The third-order valence-corrected chi connectivity index (χ3v) is 4.32. The molecular formula is C19H18FN3O2. The molecule has 2 N–H and O–H groups in total. The van der Waals surface area contributed by atoms with Gasteiger partial charge in [-0.25, -0.2) is 14.4 Å². The molecule has 1 atom stereocenters. The van der Waals surface area contributed by atoms with Crippen molar-refractivity contribution in [3.63, 3.8) is 0 Å². The van der Waals surface area contributed by atoms with Crippen LogP contribution >= 0.6 is 0 Å². The number of rotatable bonds is 4. The summed E-state index contributed by atoms with van der Waals surface area (Å²) >= 11 is 0. The van der Waals surface area contributed by atoms with E-state index < -0.39 is 0 Å². The Morgan fingerprint density at radius 3 is 2.88 bits per heavy atom. The maximum Gasteiger partial charge on any atom is 0.165 e. The van der Waals surface area contributed by atoms with Crippen molar-refractivity contribution in [2.45, 2.75) is 18.9 Å². The number of phenols is 1. The van der Waals surface area contributed by atoms with E-state index in [-0.39, 0.29) is 17.7 Å². The molecule has 1 unspecified atom stereocenters.